The Kier molecular flexibility index (Phi) is 4.69. The Hall–Kier alpha value is -2.14. The summed E-state index contributed by atoms with van der Waals surface area (Å²) in [5, 5.41) is 8.53. The fraction of sp³-hybridized carbons (Fsp3) is 0.143. The van der Waals surface area contributed by atoms with E-state index in [0.29, 0.717) is 12.1 Å². The van der Waals surface area contributed by atoms with Gasteiger partial charge >= 0.3 is 0 Å². The lowest BCUT2D eigenvalue weighted by atomic mass is 10.1. The first-order valence-corrected chi connectivity index (χ1v) is 6.65. The molecule has 1 heterocycles. The van der Waals surface area contributed by atoms with Gasteiger partial charge in [-0.3, -0.25) is 4.79 Å². The average molecular weight is 274 g/mol. The molecule has 98 valence electrons. The summed E-state index contributed by atoms with van der Waals surface area (Å²) < 4.78 is 0. The maximum absolute atomic E-state index is 11.9. The summed E-state index contributed by atoms with van der Waals surface area (Å²) in [4.78, 5) is 17.6. The highest BCUT2D eigenvalue weighted by molar-refractivity contribution is 7.09. The third-order valence-electron chi connectivity index (χ3n) is 2.48. The van der Waals surface area contributed by atoms with Gasteiger partial charge < -0.3 is 10.2 Å². The molecule has 0 aliphatic carbocycles. The van der Waals surface area contributed by atoms with Crippen LogP contribution in [0.2, 0.25) is 0 Å². The van der Waals surface area contributed by atoms with Crippen molar-refractivity contribution in [1.29, 1.82) is 0 Å². The molecule has 0 aliphatic rings. The maximum Gasteiger partial charge on any atom is 0.251 e. The van der Waals surface area contributed by atoms with E-state index < -0.39 is 0 Å². The van der Waals surface area contributed by atoms with Crippen LogP contribution in [0.1, 0.15) is 20.8 Å². The second-order valence-corrected chi connectivity index (χ2v) is 4.83. The normalized spacial score (nSPS) is 10.6. The zero-order chi connectivity index (χ0) is 13.5. The van der Waals surface area contributed by atoms with Gasteiger partial charge in [0.15, 0.2) is 0 Å². The number of rotatable bonds is 5. The zero-order valence-corrected chi connectivity index (χ0v) is 11.3. The molecule has 2 rings (SSSR count). The van der Waals surface area contributed by atoms with Crippen molar-refractivity contribution in [3.05, 3.63) is 57.8 Å². The van der Waals surface area contributed by atoms with Crippen LogP contribution in [0.3, 0.4) is 0 Å². The summed E-state index contributed by atoms with van der Waals surface area (Å²) in [7, 11) is 1.49. The Balaban J connectivity index is 1.93. The van der Waals surface area contributed by atoms with Crippen molar-refractivity contribution in [3.8, 4) is 0 Å². The van der Waals surface area contributed by atoms with Crippen LogP contribution in [-0.4, -0.2) is 19.2 Å². The highest BCUT2D eigenvalue weighted by Gasteiger charge is 2.04. The van der Waals surface area contributed by atoms with Crippen LogP contribution in [0.5, 0.6) is 0 Å². The fourth-order valence-corrected chi connectivity index (χ4v) is 2.16. The molecule has 1 aromatic heterocycles. The second-order valence-electron chi connectivity index (χ2n) is 3.80. The predicted molar refractivity (Wildman–Crippen MR) is 76.5 cm³/mol. The standard InChI is InChI=1S/C14H14N2O2S/c1-18-16-9-11-4-6-12(7-5-11)14(17)15-10-13-3-2-8-19-13/h2-9H,10H2,1H3,(H,15,17)/b16-9+. The largest absolute Gasteiger partial charge is 0.399 e. The average Bonchev–Trinajstić information content (AvgIpc) is 2.96. The number of nitrogens with one attached hydrogen (secondary N) is 1. The van der Waals surface area contributed by atoms with Gasteiger partial charge in [0, 0.05) is 10.4 Å². The molecule has 2 aromatic rings. The maximum atomic E-state index is 11.9. The van der Waals surface area contributed by atoms with E-state index in [1.165, 1.54) is 7.11 Å². The van der Waals surface area contributed by atoms with Crippen LogP contribution in [0, 0.1) is 0 Å². The van der Waals surface area contributed by atoms with Crippen molar-refractivity contribution in [3.63, 3.8) is 0 Å². The number of amides is 1. The van der Waals surface area contributed by atoms with Crippen molar-refractivity contribution in [2.24, 2.45) is 5.16 Å². The number of hydrogen-bond acceptors (Lipinski definition) is 4. The summed E-state index contributed by atoms with van der Waals surface area (Å²) in [5.74, 6) is -0.0800. The number of nitrogens with zero attached hydrogens (tertiary/aromatic N) is 1. The Bertz CT molecular complexity index is 547. The third-order valence-corrected chi connectivity index (χ3v) is 3.36. The summed E-state index contributed by atoms with van der Waals surface area (Å²) in [6, 6.07) is 11.1. The SMILES string of the molecule is CO/N=C/c1ccc(C(=O)NCc2cccs2)cc1. The van der Waals surface area contributed by atoms with Gasteiger partial charge in [0.05, 0.1) is 12.8 Å². The first-order chi connectivity index (χ1) is 9.29. The topological polar surface area (TPSA) is 50.7 Å². The lowest BCUT2D eigenvalue weighted by molar-refractivity contribution is 0.0951. The molecule has 0 saturated heterocycles. The van der Waals surface area contributed by atoms with Crippen LogP contribution < -0.4 is 5.32 Å². The molecular weight excluding hydrogens is 260 g/mol. The molecule has 4 nitrogen and oxygen atoms in total. The number of benzene rings is 1. The number of carbonyl (C=O) groups excluding carboxylic acids is 1. The van der Waals surface area contributed by atoms with Crippen LogP contribution >= 0.6 is 11.3 Å². The van der Waals surface area contributed by atoms with E-state index in [-0.39, 0.29) is 5.91 Å². The van der Waals surface area contributed by atoms with Crippen molar-refractivity contribution in [2.45, 2.75) is 6.54 Å². The minimum atomic E-state index is -0.0800. The molecule has 1 N–H and O–H groups in total. The Morgan fingerprint density at radius 3 is 2.79 bits per heavy atom. The van der Waals surface area contributed by atoms with Gasteiger partial charge in [-0.2, -0.15) is 0 Å². The zero-order valence-electron chi connectivity index (χ0n) is 10.5. The van der Waals surface area contributed by atoms with Crippen LogP contribution in [-0.2, 0) is 11.4 Å². The minimum absolute atomic E-state index is 0.0800. The van der Waals surface area contributed by atoms with Crippen molar-refractivity contribution < 1.29 is 9.63 Å². The molecule has 19 heavy (non-hydrogen) atoms. The quantitative estimate of drug-likeness (QED) is 0.673. The Morgan fingerprint density at radius 2 is 2.16 bits per heavy atom. The van der Waals surface area contributed by atoms with Gasteiger partial charge in [-0.15, -0.1) is 11.3 Å². The van der Waals surface area contributed by atoms with E-state index in [1.807, 2.05) is 29.6 Å². The molecular formula is C14H14N2O2S. The molecule has 0 radical (unpaired) electrons. The van der Waals surface area contributed by atoms with E-state index in [2.05, 4.69) is 15.3 Å². The fourth-order valence-electron chi connectivity index (χ4n) is 1.52. The minimum Gasteiger partial charge on any atom is -0.399 e. The first kappa shape index (κ1) is 13.3. The van der Waals surface area contributed by atoms with Crippen molar-refractivity contribution in [2.75, 3.05) is 7.11 Å². The molecule has 0 bridgehead atoms. The Morgan fingerprint density at radius 1 is 1.37 bits per heavy atom. The summed E-state index contributed by atoms with van der Waals surface area (Å²) in [5.41, 5.74) is 1.52. The lowest BCUT2D eigenvalue weighted by Gasteiger charge is -2.03. The van der Waals surface area contributed by atoms with Crippen LogP contribution in [0.25, 0.3) is 0 Å². The molecule has 0 fully saturated rings. The smallest absolute Gasteiger partial charge is 0.251 e. The molecule has 1 aromatic carbocycles. The lowest BCUT2D eigenvalue weighted by Crippen LogP contribution is -2.22. The second kappa shape index (κ2) is 6.70. The van der Waals surface area contributed by atoms with Gasteiger partial charge in [0.1, 0.15) is 7.11 Å². The van der Waals surface area contributed by atoms with Crippen LogP contribution in [0.4, 0.5) is 0 Å². The highest BCUT2D eigenvalue weighted by Crippen LogP contribution is 2.08. The van der Waals surface area contributed by atoms with Gasteiger partial charge in [-0.05, 0) is 29.1 Å². The number of hydrogen-bond donors (Lipinski definition) is 1. The number of carbonyl (C=O) groups is 1. The predicted octanol–water partition coefficient (Wildman–Crippen LogP) is 2.66. The molecule has 5 heteroatoms. The summed E-state index contributed by atoms with van der Waals surface area (Å²) >= 11 is 1.63. The molecule has 0 unspecified atom stereocenters. The van der Waals surface area contributed by atoms with Gasteiger partial charge in [0.2, 0.25) is 0 Å². The summed E-state index contributed by atoms with van der Waals surface area (Å²) in [6.07, 6.45) is 1.59. The Labute approximate surface area is 115 Å². The molecule has 0 atom stereocenters. The number of oxime groups is 1. The van der Waals surface area contributed by atoms with Crippen LogP contribution in [0.15, 0.2) is 46.9 Å². The van der Waals surface area contributed by atoms with E-state index in [4.69, 9.17) is 0 Å². The van der Waals surface area contributed by atoms with Gasteiger partial charge in [0.25, 0.3) is 5.91 Å². The van der Waals surface area contributed by atoms with Gasteiger partial charge in [-0.1, -0.05) is 23.4 Å². The molecule has 1 amide bonds. The van der Waals surface area contributed by atoms with Crippen molar-refractivity contribution in [1.82, 2.24) is 5.32 Å². The first-order valence-electron chi connectivity index (χ1n) is 5.77. The summed E-state index contributed by atoms with van der Waals surface area (Å²) in [6.45, 7) is 0.559. The van der Waals surface area contributed by atoms with E-state index >= 15 is 0 Å². The molecule has 0 saturated carbocycles. The van der Waals surface area contributed by atoms with E-state index in [0.717, 1.165) is 10.4 Å². The molecule has 0 aliphatic heterocycles. The van der Waals surface area contributed by atoms with Gasteiger partial charge in [-0.25, -0.2) is 0 Å². The monoisotopic (exact) mass is 274 g/mol. The number of thiophene rings is 1. The highest BCUT2D eigenvalue weighted by atomic mass is 32.1. The van der Waals surface area contributed by atoms with Crippen molar-refractivity contribution >= 4 is 23.5 Å². The third kappa shape index (κ3) is 3.93. The van der Waals surface area contributed by atoms with E-state index in [9.17, 15) is 4.79 Å². The molecule has 0 spiro atoms. The van der Waals surface area contributed by atoms with E-state index in [1.54, 1.807) is 29.7 Å².